The number of hydrogen-bond acceptors (Lipinski definition) is 3. The Hall–Kier alpha value is -2.53. The molecule has 0 saturated carbocycles. The number of hydrogen-bond donors (Lipinski definition) is 1. The maximum Gasteiger partial charge on any atom is 0.224 e. The van der Waals surface area contributed by atoms with Crippen LogP contribution in [0.3, 0.4) is 0 Å². The number of rotatable bonds is 7. The third-order valence-corrected chi connectivity index (χ3v) is 6.03. The summed E-state index contributed by atoms with van der Waals surface area (Å²) in [6, 6.07) is 23.2. The molecular weight excluding hydrogens is 431 g/mol. The van der Waals surface area contributed by atoms with Crippen LogP contribution in [-0.4, -0.2) is 29.9 Å². The zero-order valence-corrected chi connectivity index (χ0v) is 18.6. The van der Waals surface area contributed by atoms with E-state index in [1.165, 1.54) is 0 Å². The highest BCUT2D eigenvalue weighted by atomic mass is 35.5. The fourth-order valence-electron chi connectivity index (χ4n) is 3.75. The molecule has 1 saturated heterocycles. The lowest BCUT2D eigenvalue weighted by atomic mass is 10.1. The number of carbonyl (C=O) groups is 1. The molecular formula is C25H24Cl2N2O2. The van der Waals surface area contributed by atoms with Crippen LogP contribution in [0.5, 0.6) is 11.5 Å². The van der Waals surface area contributed by atoms with Gasteiger partial charge in [-0.25, -0.2) is 0 Å². The molecule has 0 aromatic heterocycles. The van der Waals surface area contributed by atoms with Crippen molar-refractivity contribution < 1.29 is 9.53 Å². The molecule has 31 heavy (non-hydrogen) atoms. The average Bonchev–Trinajstić information content (AvgIpc) is 3.19. The van der Waals surface area contributed by atoms with Crippen LogP contribution in [0, 0.1) is 0 Å². The van der Waals surface area contributed by atoms with Crippen molar-refractivity contribution in [2.45, 2.75) is 25.4 Å². The van der Waals surface area contributed by atoms with Gasteiger partial charge in [0.1, 0.15) is 11.5 Å². The third kappa shape index (κ3) is 6.23. The van der Waals surface area contributed by atoms with E-state index in [4.69, 9.17) is 27.9 Å². The molecule has 0 aliphatic carbocycles. The van der Waals surface area contributed by atoms with E-state index >= 15 is 0 Å². The number of nitrogens with zero attached hydrogens (tertiary/aromatic N) is 1. The van der Waals surface area contributed by atoms with Crippen molar-refractivity contribution in [3.05, 3.63) is 94.0 Å². The maximum atomic E-state index is 12.5. The molecule has 0 radical (unpaired) electrons. The SMILES string of the molecule is O=C(Cc1ccc(Oc2ccccc2)cc1)NC1CCN(Cc2ccc(Cl)c(Cl)c2)C1. The lowest BCUT2D eigenvalue weighted by molar-refractivity contribution is -0.121. The first-order valence-electron chi connectivity index (χ1n) is 10.3. The van der Waals surface area contributed by atoms with Crippen LogP contribution in [0.15, 0.2) is 72.8 Å². The molecule has 4 rings (SSSR count). The van der Waals surface area contributed by atoms with Gasteiger partial charge in [0.05, 0.1) is 16.5 Å². The molecule has 1 aliphatic heterocycles. The summed E-state index contributed by atoms with van der Waals surface area (Å²) in [4.78, 5) is 14.8. The molecule has 1 heterocycles. The first-order valence-corrected chi connectivity index (χ1v) is 11.1. The lowest BCUT2D eigenvalue weighted by Gasteiger charge is -2.17. The zero-order valence-electron chi connectivity index (χ0n) is 17.1. The van der Waals surface area contributed by atoms with Gasteiger partial charge in [-0.1, -0.05) is 59.6 Å². The first kappa shape index (κ1) is 21.7. The van der Waals surface area contributed by atoms with Gasteiger partial charge in [0.25, 0.3) is 0 Å². The highest BCUT2D eigenvalue weighted by Gasteiger charge is 2.24. The van der Waals surface area contributed by atoms with Gasteiger partial charge in [-0.05, 0) is 53.9 Å². The number of nitrogens with one attached hydrogen (secondary N) is 1. The van der Waals surface area contributed by atoms with Crippen molar-refractivity contribution in [3.63, 3.8) is 0 Å². The fourth-order valence-corrected chi connectivity index (χ4v) is 4.08. The molecule has 1 unspecified atom stereocenters. The molecule has 0 spiro atoms. The summed E-state index contributed by atoms with van der Waals surface area (Å²) in [5.41, 5.74) is 2.09. The Labute approximate surface area is 192 Å². The molecule has 1 N–H and O–H groups in total. The smallest absolute Gasteiger partial charge is 0.224 e. The number of ether oxygens (including phenoxy) is 1. The van der Waals surface area contributed by atoms with Gasteiger partial charge in [0.15, 0.2) is 0 Å². The number of benzene rings is 3. The Balaban J connectivity index is 1.24. The van der Waals surface area contributed by atoms with E-state index in [2.05, 4.69) is 10.2 Å². The van der Waals surface area contributed by atoms with Crippen molar-refractivity contribution in [2.75, 3.05) is 13.1 Å². The minimum atomic E-state index is 0.0399. The van der Waals surface area contributed by atoms with Crippen molar-refractivity contribution in [2.24, 2.45) is 0 Å². The van der Waals surface area contributed by atoms with Gasteiger partial charge in [-0.2, -0.15) is 0 Å². The molecule has 3 aromatic rings. The van der Waals surface area contributed by atoms with Crippen LogP contribution in [0.1, 0.15) is 17.5 Å². The molecule has 4 nitrogen and oxygen atoms in total. The van der Waals surface area contributed by atoms with Gasteiger partial charge < -0.3 is 10.1 Å². The van der Waals surface area contributed by atoms with E-state index in [9.17, 15) is 4.79 Å². The monoisotopic (exact) mass is 454 g/mol. The maximum absolute atomic E-state index is 12.5. The summed E-state index contributed by atoms with van der Waals surface area (Å²) >= 11 is 12.1. The van der Waals surface area contributed by atoms with Gasteiger partial charge in [-0.15, -0.1) is 0 Å². The summed E-state index contributed by atoms with van der Waals surface area (Å²) < 4.78 is 5.80. The van der Waals surface area contributed by atoms with Crippen molar-refractivity contribution in [1.29, 1.82) is 0 Å². The number of carbonyl (C=O) groups excluding carboxylic acids is 1. The minimum Gasteiger partial charge on any atom is -0.457 e. The van der Waals surface area contributed by atoms with E-state index in [1.807, 2.05) is 72.8 Å². The predicted molar refractivity (Wildman–Crippen MR) is 125 cm³/mol. The minimum absolute atomic E-state index is 0.0399. The third-order valence-electron chi connectivity index (χ3n) is 5.29. The molecule has 1 aliphatic rings. The quantitative estimate of drug-likeness (QED) is 0.496. The van der Waals surface area contributed by atoms with Crippen LogP contribution in [0.4, 0.5) is 0 Å². The highest BCUT2D eigenvalue weighted by molar-refractivity contribution is 6.42. The molecule has 1 amide bonds. The topological polar surface area (TPSA) is 41.6 Å². The predicted octanol–water partition coefficient (Wildman–Crippen LogP) is 5.72. The van der Waals surface area contributed by atoms with E-state index in [-0.39, 0.29) is 11.9 Å². The molecule has 160 valence electrons. The molecule has 1 fully saturated rings. The Morgan fingerprint density at radius 1 is 0.935 bits per heavy atom. The number of para-hydroxylation sites is 1. The Morgan fingerprint density at radius 3 is 2.39 bits per heavy atom. The number of amides is 1. The average molecular weight is 455 g/mol. The van der Waals surface area contributed by atoms with E-state index in [0.29, 0.717) is 16.5 Å². The van der Waals surface area contributed by atoms with E-state index in [1.54, 1.807) is 0 Å². The summed E-state index contributed by atoms with van der Waals surface area (Å²) in [7, 11) is 0. The lowest BCUT2D eigenvalue weighted by Crippen LogP contribution is -2.37. The number of likely N-dealkylation sites (tertiary alicyclic amines) is 1. The largest absolute Gasteiger partial charge is 0.457 e. The van der Waals surface area contributed by atoms with Gasteiger partial charge in [0.2, 0.25) is 5.91 Å². The fraction of sp³-hybridized carbons (Fsp3) is 0.240. The molecule has 6 heteroatoms. The van der Waals surface area contributed by atoms with E-state index < -0.39 is 0 Å². The van der Waals surface area contributed by atoms with Gasteiger partial charge in [0, 0.05) is 25.7 Å². The molecule has 3 aromatic carbocycles. The van der Waals surface area contributed by atoms with Crippen LogP contribution in [0.2, 0.25) is 10.0 Å². The van der Waals surface area contributed by atoms with Crippen molar-refractivity contribution in [3.8, 4) is 11.5 Å². The summed E-state index contributed by atoms with van der Waals surface area (Å²) in [6.45, 7) is 2.57. The second-order valence-corrected chi connectivity index (χ2v) is 8.59. The van der Waals surface area contributed by atoms with Crippen LogP contribution in [-0.2, 0) is 17.8 Å². The second kappa shape index (κ2) is 10.2. The molecule has 0 bridgehead atoms. The molecule has 1 atom stereocenters. The van der Waals surface area contributed by atoms with Gasteiger partial charge >= 0.3 is 0 Å². The van der Waals surface area contributed by atoms with Crippen LogP contribution >= 0.6 is 23.2 Å². The zero-order chi connectivity index (χ0) is 21.6. The first-order chi connectivity index (χ1) is 15.0. The number of halogens is 2. The summed E-state index contributed by atoms with van der Waals surface area (Å²) in [5.74, 6) is 1.59. The van der Waals surface area contributed by atoms with Gasteiger partial charge in [-0.3, -0.25) is 9.69 Å². The summed E-state index contributed by atoms with van der Waals surface area (Å²) in [6.07, 6.45) is 1.30. The second-order valence-electron chi connectivity index (χ2n) is 7.77. The Bertz CT molecular complexity index is 1030. The van der Waals surface area contributed by atoms with Crippen LogP contribution < -0.4 is 10.1 Å². The van der Waals surface area contributed by atoms with Crippen molar-refractivity contribution >= 4 is 29.1 Å². The normalized spacial score (nSPS) is 16.3. The van der Waals surface area contributed by atoms with Crippen molar-refractivity contribution in [1.82, 2.24) is 10.2 Å². The highest BCUT2D eigenvalue weighted by Crippen LogP contribution is 2.24. The summed E-state index contributed by atoms with van der Waals surface area (Å²) in [5, 5.41) is 4.30. The Kier molecular flexibility index (Phi) is 7.13. The van der Waals surface area contributed by atoms with Crippen LogP contribution in [0.25, 0.3) is 0 Å². The standard InChI is InChI=1S/C25H24Cl2N2O2/c26-23-11-8-19(14-24(23)27)16-29-13-12-20(17-29)28-25(30)15-18-6-9-22(10-7-18)31-21-4-2-1-3-5-21/h1-11,14,20H,12-13,15-17H2,(H,28,30). The van der Waals surface area contributed by atoms with E-state index in [0.717, 1.165) is 48.7 Å². The Morgan fingerprint density at radius 2 is 1.65 bits per heavy atom.